The maximum Gasteiger partial charge on any atom is 0.397 e. The number of hydrogen-bond acceptors (Lipinski definition) is 3. The minimum atomic E-state index is -4.30. The van der Waals surface area contributed by atoms with E-state index in [1.165, 1.54) is 0 Å². The van der Waals surface area contributed by atoms with Crippen LogP contribution in [-0.2, 0) is 14.6 Å². The monoisotopic (exact) mass is 242 g/mol. The summed E-state index contributed by atoms with van der Waals surface area (Å²) in [6.07, 6.45) is 0. The van der Waals surface area contributed by atoms with Gasteiger partial charge in [0.2, 0.25) is 0 Å². The van der Waals surface area contributed by atoms with Crippen LogP contribution in [0.5, 0.6) is 0 Å². The standard InChI is InChI=1S/C3H10N2O4S.2ClH/c4-1-3(5)2-9-10(6,7)8;;/h3H,1-2,4-5H2,(H,6,7,8);2*1H/t3-;;/m0../s1. The third-order valence-electron chi connectivity index (χ3n) is 0.861. The largest absolute Gasteiger partial charge is 1.00 e. The summed E-state index contributed by atoms with van der Waals surface area (Å²) >= 11 is 0. The molecule has 0 rings (SSSR count). The topological polar surface area (TPSA) is 119 Å². The van der Waals surface area contributed by atoms with Crippen molar-refractivity contribution in [2.24, 2.45) is 0 Å². The van der Waals surface area contributed by atoms with Gasteiger partial charge in [0.15, 0.2) is 6.04 Å². The first kappa shape index (κ1) is 18.2. The van der Waals surface area contributed by atoms with E-state index < -0.39 is 10.4 Å². The van der Waals surface area contributed by atoms with E-state index in [4.69, 9.17) is 4.55 Å². The average Bonchev–Trinajstić information content (AvgIpc) is 1.81. The number of hydrogen-bond donors (Lipinski definition) is 3. The van der Waals surface area contributed by atoms with Crippen molar-refractivity contribution in [1.29, 1.82) is 0 Å². The van der Waals surface area contributed by atoms with Gasteiger partial charge in [-0.3, -0.25) is 4.55 Å². The van der Waals surface area contributed by atoms with Gasteiger partial charge in [-0.2, -0.15) is 8.42 Å². The predicted molar refractivity (Wildman–Crippen MR) is 31.9 cm³/mol. The van der Waals surface area contributed by atoms with E-state index in [0.29, 0.717) is 6.54 Å². The summed E-state index contributed by atoms with van der Waals surface area (Å²) in [7, 11) is -4.30. The Labute approximate surface area is 83.4 Å². The molecule has 0 saturated heterocycles. The smallest absolute Gasteiger partial charge is 0.397 e. The molecule has 0 aromatic heterocycles. The van der Waals surface area contributed by atoms with Crippen molar-refractivity contribution in [3.05, 3.63) is 0 Å². The SMILES string of the molecule is [Cl-].[Cl-].[NH3+]C[C@H]([NH3+])COS(=O)(=O)O. The molecule has 0 fully saturated rings. The lowest BCUT2D eigenvalue weighted by molar-refractivity contribution is -0.495. The fourth-order valence-electron chi connectivity index (χ4n) is 0.266. The maximum absolute atomic E-state index is 9.94. The van der Waals surface area contributed by atoms with E-state index in [9.17, 15) is 8.42 Å². The van der Waals surface area contributed by atoms with Crippen molar-refractivity contribution in [2.75, 3.05) is 13.2 Å². The molecule has 0 aliphatic rings. The molecule has 12 heavy (non-hydrogen) atoms. The molecule has 0 aliphatic heterocycles. The van der Waals surface area contributed by atoms with Crippen LogP contribution in [0.4, 0.5) is 0 Å². The van der Waals surface area contributed by atoms with E-state index >= 15 is 0 Å². The van der Waals surface area contributed by atoms with E-state index in [1.807, 2.05) is 0 Å². The van der Waals surface area contributed by atoms with Crippen LogP contribution in [0.2, 0.25) is 0 Å². The Bertz CT molecular complexity index is 185. The third kappa shape index (κ3) is 13.0. The van der Waals surface area contributed by atoms with Crippen LogP contribution in [-0.4, -0.2) is 32.2 Å². The molecule has 0 aliphatic carbocycles. The maximum atomic E-state index is 9.94. The van der Waals surface area contributed by atoms with Crippen LogP contribution in [0.15, 0.2) is 0 Å². The summed E-state index contributed by atoms with van der Waals surface area (Å²) in [5, 5.41) is 0. The highest BCUT2D eigenvalue weighted by molar-refractivity contribution is 7.80. The summed E-state index contributed by atoms with van der Waals surface area (Å²) in [4.78, 5) is 0. The van der Waals surface area contributed by atoms with Crippen LogP contribution >= 0.6 is 0 Å². The second-order valence-corrected chi connectivity index (χ2v) is 2.96. The second-order valence-electron chi connectivity index (χ2n) is 1.87. The van der Waals surface area contributed by atoms with Gasteiger partial charge in [-0.05, 0) is 0 Å². The van der Waals surface area contributed by atoms with Gasteiger partial charge in [0.1, 0.15) is 13.2 Å². The zero-order chi connectivity index (χ0) is 8.20. The molecule has 78 valence electrons. The lowest BCUT2D eigenvalue weighted by atomic mass is 10.3. The second kappa shape index (κ2) is 7.99. The number of rotatable bonds is 4. The van der Waals surface area contributed by atoms with Crippen LogP contribution in [0.3, 0.4) is 0 Å². The third-order valence-corrected chi connectivity index (χ3v) is 1.29. The molecule has 0 unspecified atom stereocenters. The van der Waals surface area contributed by atoms with E-state index in [0.717, 1.165) is 0 Å². The zero-order valence-corrected chi connectivity index (χ0v) is 8.57. The van der Waals surface area contributed by atoms with E-state index in [1.54, 1.807) is 0 Å². The van der Waals surface area contributed by atoms with Crippen molar-refractivity contribution in [3.63, 3.8) is 0 Å². The molecule has 9 heteroatoms. The summed E-state index contributed by atoms with van der Waals surface area (Å²) in [5.74, 6) is 0. The van der Waals surface area contributed by atoms with Crippen molar-refractivity contribution < 1.29 is 53.4 Å². The minimum absolute atomic E-state index is 0. The lowest BCUT2D eigenvalue weighted by Gasteiger charge is -2.00. The normalized spacial score (nSPS) is 12.6. The van der Waals surface area contributed by atoms with Crippen LogP contribution in [0.25, 0.3) is 0 Å². The Balaban J connectivity index is -0.000000405. The molecule has 1 atom stereocenters. The molecule has 6 nitrogen and oxygen atoms in total. The molecular weight excluding hydrogens is 231 g/mol. The Hall–Kier alpha value is 0.370. The van der Waals surface area contributed by atoms with Gasteiger partial charge in [-0.1, -0.05) is 0 Å². The summed E-state index contributed by atoms with van der Waals surface area (Å²) in [6, 6.07) is -0.207. The Morgan fingerprint density at radius 1 is 1.42 bits per heavy atom. The van der Waals surface area contributed by atoms with Gasteiger partial charge in [0, 0.05) is 0 Å². The molecule has 0 bridgehead atoms. The molecule has 0 aromatic carbocycles. The first-order valence-electron chi connectivity index (χ1n) is 2.70. The predicted octanol–water partition coefficient (Wildman–Crippen LogP) is -9.33. The summed E-state index contributed by atoms with van der Waals surface area (Å²) in [6.45, 7) is 0.345. The lowest BCUT2D eigenvalue weighted by Crippen LogP contribution is -3.00. The highest BCUT2D eigenvalue weighted by Crippen LogP contribution is 1.85. The first-order valence-corrected chi connectivity index (χ1v) is 4.06. The fraction of sp³-hybridized carbons (Fsp3) is 1.00. The van der Waals surface area contributed by atoms with Gasteiger partial charge >= 0.3 is 10.4 Å². The van der Waals surface area contributed by atoms with Gasteiger partial charge in [0.25, 0.3) is 0 Å². The van der Waals surface area contributed by atoms with Crippen LogP contribution in [0.1, 0.15) is 0 Å². The average molecular weight is 243 g/mol. The van der Waals surface area contributed by atoms with Crippen molar-refractivity contribution >= 4 is 10.4 Å². The summed E-state index contributed by atoms with van der Waals surface area (Å²) in [5.41, 5.74) is 6.96. The number of halogens is 2. The molecule has 0 amide bonds. The molecule has 0 radical (unpaired) electrons. The Morgan fingerprint density at radius 2 is 1.83 bits per heavy atom. The van der Waals surface area contributed by atoms with Gasteiger partial charge in [-0.15, -0.1) is 0 Å². The molecule has 7 N–H and O–H groups in total. The van der Waals surface area contributed by atoms with Crippen molar-refractivity contribution in [2.45, 2.75) is 6.04 Å². The fourth-order valence-corrected chi connectivity index (χ4v) is 0.630. The van der Waals surface area contributed by atoms with Crippen LogP contribution in [0, 0.1) is 0 Å². The molecule has 0 saturated carbocycles. The van der Waals surface area contributed by atoms with E-state index in [-0.39, 0.29) is 37.5 Å². The van der Waals surface area contributed by atoms with Gasteiger partial charge in [0.05, 0.1) is 0 Å². The minimum Gasteiger partial charge on any atom is -1.00 e. The molecule has 0 spiro atoms. The summed E-state index contributed by atoms with van der Waals surface area (Å²) < 4.78 is 31.9. The molecule has 0 aromatic rings. The number of quaternary nitrogens is 2. The molecular formula is C3H12Cl2N2O4S. The first-order chi connectivity index (χ1) is 4.45. The van der Waals surface area contributed by atoms with Crippen molar-refractivity contribution in [3.8, 4) is 0 Å². The Kier molecular flexibility index (Phi) is 12.1. The van der Waals surface area contributed by atoms with Crippen LogP contribution < -0.4 is 36.3 Å². The van der Waals surface area contributed by atoms with E-state index in [2.05, 4.69) is 15.7 Å². The quantitative estimate of drug-likeness (QED) is 0.425. The highest BCUT2D eigenvalue weighted by Gasteiger charge is 2.11. The van der Waals surface area contributed by atoms with Gasteiger partial charge in [-0.25, -0.2) is 4.18 Å². The molecule has 0 heterocycles. The zero-order valence-electron chi connectivity index (χ0n) is 6.24. The highest BCUT2D eigenvalue weighted by atomic mass is 35.5. The Morgan fingerprint density at radius 3 is 2.08 bits per heavy atom. The van der Waals surface area contributed by atoms with Gasteiger partial charge < -0.3 is 36.3 Å². The van der Waals surface area contributed by atoms with Crippen molar-refractivity contribution in [1.82, 2.24) is 0 Å².